The number of hydrogen-bond donors (Lipinski definition) is 0. The Morgan fingerprint density at radius 2 is 2.32 bits per heavy atom. The average Bonchev–Trinajstić information content (AvgIpc) is 2.94. The molecular formula is C14H17FO3S. The van der Waals surface area contributed by atoms with Crippen molar-refractivity contribution in [2.75, 3.05) is 25.2 Å². The van der Waals surface area contributed by atoms with Crippen LogP contribution in [0.4, 0.5) is 4.39 Å². The largest absolute Gasteiger partial charge is 0.490 e. The Hall–Kier alpha value is -1.23. The van der Waals surface area contributed by atoms with Gasteiger partial charge >= 0.3 is 5.97 Å². The van der Waals surface area contributed by atoms with E-state index in [-0.39, 0.29) is 30.2 Å². The van der Waals surface area contributed by atoms with Gasteiger partial charge in [-0.2, -0.15) is 11.8 Å². The number of methoxy groups -OCH3 is 1. The molecule has 1 aliphatic heterocycles. The maximum Gasteiger partial charge on any atom is 0.312 e. The highest BCUT2D eigenvalue weighted by Gasteiger charge is 2.32. The highest BCUT2D eigenvalue weighted by atomic mass is 32.2. The molecule has 0 radical (unpaired) electrons. The van der Waals surface area contributed by atoms with Gasteiger partial charge in [0.25, 0.3) is 0 Å². The second kappa shape index (κ2) is 6.80. The zero-order valence-corrected chi connectivity index (χ0v) is 11.6. The summed E-state index contributed by atoms with van der Waals surface area (Å²) in [6.45, 7) is 0.166. The summed E-state index contributed by atoms with van der Waals surface area (Å²) >= 11 is 1.83. The smallest absolute Gasteiger partial charge is 0.312 e. The summed E-state index contributed by atoms with van der Waals surface area (Å²) in [4.78, 5) is 11.8. The highest BCUT2D eigenvalue weighted by molar-refractivity contribution is 7.99. The van der Waals surface area contributed by atoms with E-state index >= 15 is 0 Å². The Balaban J connectivity index is 2.00. The number of esters is 1. The first-order valence-corrected chi connectivity index (χ1v) is 7.40. The summed E-state index contributed by atoms with van der Waals surface area (Å²) in [5.41, 5.74) is 0. The number of carbonyl (C=O) groups excluding carboxylic acids is 1. The summed E-state index contributed by atoms with van der Waals surface area (Å²) in [5, 5.41) is 0. The van der Waals surface area contributed by atoms with E-state index in [0.717, 1.165) is 17.9 Å². The van der Waals surface area contributed by atoms with E-state index in [1.165, 1.54) is 13.2 Å². The fourth-order valence-corrected chi connectivity index (χ4v) is 3.50. The summed E-state index contributed by atoms with van der Waals surface area (Å²) in [5.74, 6) is 1.42. The molecule has 0 aromatic heterocycles. The second-order valence-corrected chi connectivity index (χ2v) is 5.64. The lowest BCUT2D eigenvalue weighted by molar-refractivity contribution is -0.148. The number of rotatable bonds is 5. The molecular weight excluding hydrogens is 267 g/mol. The van der Waals surface area contributed by atoms with Gasteiger partial charge in [0.2, 0.25) is 0 Å². The Labute approximate surface area is 116 Å². The van der Waals surface area contributed by atoms with E-state index in [9.17, 15) is 9.18 Å². The van der Waals surface area contributed by atoms with Crippen molar-refractivity contribution in [2.24, 2.45) is 11.8 Å². The molecule has 0 aliphatic carbocycles. The van der Waals surface area contributed by atoms with Gasteiger partial charge in [-0.1, -0.05) is 12.1 Å². The molecule has 2 atom stereocenters. The number of halogens is 1. The molecule has 1 aliphatic rings. The number of carbonyl (C=O) groups is 1. The molecule has 104 valence electrons. The molecule has 1 saturated heterocycles. The molecule has 0 N–H and O–H groups in total. The van der Waals surface area contributed by atoms with E-state index in [4.69, 9.17) is 9.47 Å². The lowest BCUT2D eigenvalue weighted by Gasteiger charge is -2.20. The maximum absolute atomic E-state index is 13.5. The molecule has 19 heavy (non-hydrogen) atoms. The van der Waals surface area contributed by atoms with Gasteiger partial charge in [0.1, 0.15) is 6.61 Å². The average molecular weight is 284 g/mol. The van der Waals surface area contributed by atoms with Crippen LogP contribution in [0.5, 0.6) is 5.75 Å². The fourth-order valence-electron chi connectivity index (χ4n) is 2.16. The van der Waals surface area contributed by atoms with Crippen LogP contribution in [0.1, 0.15) is 6.42 Å². The Bertz CT molecular complexity index is 432. The number of hydrogen-bond acceptors (Lipinski definition) is 4. The minimum absolute atomic E-state index is 0.166. The van der Waals surface area contributed by atoms with E-state index in [1.807, 2.05) is 11.8 Å². The minimum Gasteiger partial charge on any atom is -0.490 e. The van der Waals surface area contributed by atoms with E-state index < -0.39 is 5.82 Å². The molecule has 1 fully saturated rings. The van der Waals surface area contributed by atoms with Gasteiger partial charge in [-0.3, -0.25) is 4.79 Å². The third-order valence-electron chi connectivity index (χ3n) is 3.29. The van der Waals surface area contributed by atoms with Crippen LogP contribution in [0, 0.1) is 17.7 Å². The van der Waals surface area contributed by atoms with Crippen molar-refractivity contribution in [3.05, 3.63) is 30.1 Å². The van der Waals surface area contributed by atoms with Gasteiger partial charge < -0.3 is 9.47 Å². The SMILES string of the molecule is COC(=O)C(COc1ccccc1F)C1CCSC1. The van der Waals surface area contributed by atoms with Gasteiger partial charge in [0, 0.05) is 0 Å². The topological polar surface area (TPSA) is 35.5 Å². The van der Waals surface area contributed by atoms with Crippen LogP contribution in [0.3, 0.4) is 0 Å². The second-order valence-electron chi connectivity index (χ2n) is 4.49. The minimum atomic E-state index is -0.410. The molecule has 0 spiro atoms. The molecule has 3 nitrogen and oxygen atoms in total. The molecule has 0 saturated carbocycles. The van der Waals surface area contributed by atoms with Crippen molar-refractivity contribution in [1.82, 2.24) is 0 Å². The Morgan fingerprint density at radius 3 is 2.95 bits per heavy atom. The predicted octanol–water partition coefficient (Wildman–Crippen LogP) is 2.75. The van der Waals surface area contributed by atoms with Crippen LogP contribution in [-0.2, 0) is 9.53 Å². The molecule has 2 rings (SSSR count). The third-order valence-corrected chi connectivity index (χ3v) is 4.48. The number of ether oxygens (including phenoxy) is 2. The van der Waals surface area contributed by atoms with E-state index in [0.29, 0.717) is 0 Å². The van der Waals surface area contributed by atoms with Gasteiger partial charge in [-0.25, -0.2) is 4.39 Å². The lowest BCUT2D eigenvalue weighted by atomic mass is 9.92. The summed E-state index contributed by atoms with van der Waals surface area (Å²) in [6, 6.07) is 6.21. The van der Waals surface area contributed by atoms with Crippen LogP contribution >= 0.6 is 11.8 Å². The van der Waals surface area contributed by atoms with Crippen molar-refractivity contribution in [3.63, 3.8) is 0 Å². The van der Waals surface area contributed by atoms with Gasteiger partial charge in [0.15, 0.2) is 11.6 Å². The van der Waals surface area contributed by atoms with Gasteiger partial charge in [0.05, 0.1) is 13.0 Å². The third kappa shape index (κ3) is 3.62. The first-order chi connectivity index (χ1) is 9.22. The van der Waals surface area contributed by atoms with Crippen molar-refractivity contribution in [3.8, 4) is 5.75 Å². The van der Waals surface area contributed by atoms with Crippen LogP contribution in [0.15, 0.2) is 24.3 Å². The van der Waals surface area contributed by atoms with E-state index in [2.05, 4.69) is 0 Å². The highest BCUT2D eigenvalue weighted by Crippen LogP contribution is 2.31. The van der Waals surface area contributed by atoms with Gasteiger partial charge in [-0.15, -0.1) is 0 Å². The predicted molar refractivity (Wildman–Crippen MR) is 72.8 cm³/mol. The zero-order valence-electron chi connectivity index (χ0n) is 10.8. The first kappa shape index (κ1) is 14.2. The van der Waals surface area contributed by atoms with Gasteiger partial charge in [-0.05, 0) is 36.0 Å². The summed E-state index contributed by atoms with van der Waals surface area (Å²) in [6.07, 6.45) is 0.977. The van der Waals surface area contributed by atoms with E-state index in [1.54, 1.807) is 18.2 Å². The normalized spacial score (nSPS) is 20.0. The lowest BCUT2D eigenvalue weighted by Crippen LogP contribution is -2.30. The van der Waals surface area contributed by atoms with Crippen molar-refractivity contribution < 1.29 is 18.7 Å². The number of para-hydroxylation sites is 1. The molecule has 0 amide bonds. The van der Waals surface area contributed by atoms with Crippen LogP contribution < -0.4 is 4.74 Å². The zero-order chi connectivity index (χ0) is 13.7. The molecule has 1 aromatic rings. The molecule has 1 aromatic carbocycles. The van der Waals surface area contributed by atoms with Crippen molar-refractivity contribution in [2.45, 2.75) is 6.42 Å². The standard InChI is InChI=1S/C14H17FO3S/c1-17-14(16)11(10-6-7-19-9-10)8-18-13-5-3-2-4-12(13)15/h2-5,10-11H,6-9H2,1H3. The quantitative estimate of drug-likeness (QED) is 0.779. The number of thioether (sulfide) groups is 1. The number of benzene rings is 1. The molecule has 1 heterocycles. The van der Waals surface area contributed by atoms with Crippen LogP contribution in [-0.4, -0.2) is 31.2 Å². The first-order valence-electron chi connectivity index (χ1n) is 6.25. The molecule has 5 heteroatoms. The fraction of sp³-hybridized carbons (Fsp3) is 0.500. The summed E-state index contributed by atoms with van der Waals surface area (Å²) in [7, 11) is 1.38. The summed E-state index contributed by atoms with van der Waals surface area (Å²) < 4.78 is 23.7. The Kier molecular flexibility index (Phi) is 5.07. The monoisotopic (exact) mass is 284 g/mol. The van der Waals surface area contributed by atoms with Crippen LogP contribution in [0.2, 0.25) is 0 Å². The van der Waals surface area contributed by atoms with Crippen LogP contribution in [0.25, 0.3) is 0 Å². The molecule has 0 bridgehead atoms. The maximum atomic E-state index is 13.5. The molecule has 2 unspecified atom stereocenters. The Morgan fingerprint density at radius 1 is 1.53 bits per heavy atom. The van der Waals surface area contributed by atoms with Crippen molar-refractivity contribution >= 4 is 17.7 Å². The van der Waals surface area contributed by atoms with Crippen molar-refractivity contribution in [1.29, 1.82) is 0 Å².